The molecule has 2 amide bonds. The van der Waals surface area contributed by atoms with Gasteiger partial charge in [-0.15, -0.1) is 12.4 Å². The number of carbonyl (C=O) groups is 2. The average Bonchev–Trinajstić information content (AvgIpc) is 2.89. The van der Waals surface area contributed by atoms with Crippen LogP contribution in [0.15, 0.2) is 24.3 Å². The summed E-state index contributed by atoms with van der Waals surface area (Å²) in [5.74, 6) is 0.603. The van der Waals surface area contributed by atoms with Crippen molar-refractivity contribution in [2.45, 2.75) is 109 Å². The summed E-state index contributed by atoms with van der Waals surface area (Å²) in [5.41, 5.74) is 0.419. The zero-order chi connectivity index (χ0) is 25.7. The molecule has 2 aliphatic heterocycles. The first-order chi connectivity index (χ1) is 17.3. The van der Waals surface area contributed by atoms with Crippen LogP contribution in [0.2, 0.25) is 0 Å². The minimum atomic E-state index is -0.881. The molecule has 208 valence electrons. The third kappa shape index (κ3) is 6.79. The number of unbranched alkanes of at least 4 members (excludes halogenated alkanes) is 1. The summed E-state index contributed by atoms with van der Waals surface area (Å²) in [6.07, 6.45) is 8.65. The van der Waals surface area contributed by atoms with Crippen molar-refractivity contribution in [2.75, 3.05) is 19.6 Å². The van der Waals surface area contributed by atoms with Gasteiger partial charge in [-0.1, -0.05) is 45.7 Å². The Balaban J connectivity index is 0.00000380. The lowest BCUT2D eigenvalue weighted by molar-refractivity contribution is -0.165. The number of likely N-dealkylation sites (tertiary alicyclic amines) is 1. The number of piperazine rings is 1. The summed E-state index contributed by atoms with van der Waals surface area (Å²) >= 11 is 0. The Hall–Kier alpha value is -1.83. The molecular formula is C29H46ClN3O4. The van der Waals surface area contributed by atoms with Gasteiger partial charge in [-0.25, -0.2) is 0 Å². The predicted molar refractivity (Wildman–Crippen MR) is 148 cm³/mol. The van der Waals surface area contributed by atoms with Crippen LogP contribution in [0.25, 0.3) is 0 Å². The van der Waals surface area contributed by atoms with E-state index in [2.05, 4.69) is 41.4 Å². The molecule has 1 aromatic rings. The first-order valence-corrected chi connectivity index (χ1v) is 14.1. The highest BCUT2D eigenvalue weighted by molar-refractivity contribution is 6.00. The molecule has 7 nitrogen and oxygen atoms in total. The number of hydrogen-bond donors (Lipinski definition) is 2. The topological polar surface area (TPSA) is 82.1 Å². The molecule has 0 radical (unpaired) electrons. The van der Waals surface area contributed by atoms with E-state index in [9.17, 15) is 14.7 Å². The number of benzene rings is 1. The fourth-order valence-corrected chi connectivity index (χ4v) is 5.98. The van der Waals surface area contributed by atoms with Gasteiger partial charge in [0.1, 0.15) is 17.3 Å². The summed E-state index contributed by atoms with van der Waals surface area (Å²) in [6.45, 7) is 8.72. The summed E-state index contributed by atoms with van der Waals surface area (Å²) in [7, 11) is 0. The number of ether oxygens (including phenoxy) is 1. The lowest BCUT2D eigenvalue weighted by Crippen LogP contribution is -2.74. The van der Waals surface area contributed by atoms with Crippen molar-refractivity contribution in [3.8, 4) is 5.75 Å². The maximum absolute atomic E-state index is 13.5. The molecule has 2 N–H and O–H groups in total. The molecule has 2 heterocycles. The van der Waals surface area contributed by atoms with E-state index in [-0.39, 0.29) is 30.1 Å². The van der Waals surface area contributed by atoms with Crippen LogP contribution in [0.5, 0.6) is 5.75 Å². The first-order valence-electron chi connectivity index (χ1n) is 14.1. The Morgan fingerprint density at radius 1 is 1.08 bits per heavy atom. The summed E-state index contributed by atoms with van der Waals surface area (Å²) in [5, 5.41) is 13.5. The highest BCUT2D eigenvalue weighted by Crippen LogP contribution is 2.35. The number of rotatable bonds is 9. The van der Waals surface area contributed by atoms with Gasteiger partial charge in [0.2, 0.25) is 11.8 Å². The molecule has 2 atom stereocenters. The molecule has 3 aliphatic rings. The molecule has 4 rings (SSSR count). The third-order valence-corrected chi connectivity index (χ3v) is 8.39. The van der Waals surface area contributed by atoms with Gasteiger partial charge in [0.15, 0.2) is 0 Å². The molecule has 8 heteroatoms. The largest absolute Gasteiger partial charge is 0.490 e. The monoisotopic (exact) mass is 535 g/mol. The van der Waals surface area contributed by atoms with Gasteiger partial charge in [0.05, 0.1) is 12.2 Å². The fraction of sp³-hybridized carbons (Fsp3) is 0.724. The highest BCUT2D eigenvalue weighted by atomic mass is 35.5. The molecule has 1 aliphatic carbocycles. The van der Waals surface area contributed by atoms with Gasteiger partial charge in [-0.3, -0.25) is 14.5 Å². The van der Waals surface area contributed by atoms with E-state index in [4.69, 9.17) is 4.74 Å². The SMILES string of the molecule is CCCCN1C(=O)[C@@H]([C@H](O)C(C)C)NC(=O)C12CCN(Cc1ccc(OC3CCCCC3)cc1)CC2.Cl. The molecular weight excluding hydrogens is 490 g/mol. The second-order valence-corrected chi connectivity index (χ2v) is 11.4. The molecule has 0 aromatic heterocycles. The van der Waals surface area contributed by atoms with Gasteiger partial charge in [-0.2, -0.15) is 0 Å². The minimum absolute atomic E-state index is 0. The van der Waals surface area contributed by atoms with Crippen molar-refractivity contribution in [3.63, 3.8) is 0 Å². The smallest absolute Gasteiger partial charge is 0.248 e. The standard InChI is InChI=1S/C29H45N3O4.ClH/c1-4-5-17-32-27(34)25(26(33)21(2)3)30-28(35)29(32)15-18-31(19-16-29)20-22-11-13-24(14-12-22)36-23-9-7-6-8-10-23;/h11-14,21,23,25-26,33H,4-10,15-20H2,1-3H3,(H,30,35);1H/t25-,26-;/m1./s1. The van der Waals surface area contributed by atoms with Crippen molar-refractivity contribution < 1.29 is 19.4 Å². The number of aliphatic hydroxyl groups is 1. The van der Waals surface area contributed by atoms with Crippen LogP contribution in [0.1, 0.15) is 84.1 Å². The van der Waals surface area contributed by atoms with Crippen molar-refractivity contribution >= 4 is 24.2 Å². The van der Waals surface area contributed by atoms with Crippen LogP contribution < -0.4 is 10.1 Å². The quantitative estimate of drug-likeness (QED) is 0.492. The Kier molecular flexibility index (Phi) is 10.7. The molecule has 37 heavy (non-hydrogen) atoms. The van der Waals surface area contributed by atoms with Crippen molar-refractivity contribution in [2.24, 2.45) is 5.92 Å². The van der Waals surface area contributed by atoms with Gasteiger partial charge < -0.3 is 20.1 Å². The van der Waals surface area contributed by atoms with Crippen LogP contribution in [0.3, 0.4) is 0 Å². The van der Waals surface area contributed by atoms with Gasteiger partial charge in [-0.05, 0) is 68.6 Å². The second kappa shape index (κ2) is 13.3. The number of nitrogens with zero attached hydrogens (tertiary/aromatic N) is 2. The normalized spacial score (nSPS) is 23.6. The molecule has 1 spiro atoms. The number of nitrogens with one attached hydrogen (secondary N) is 1. The predicted octanol–water partition coefficient (Wildman–Crippen LogP) is 4.30. The Bertz CT molecular complexity index is 880. The molecule has 1 aromatic carbocycles. The fourth-order valence-electron chi connectivity index (χ4n) is 5.98. The maximum Gasteiger partial charge on any atom is 0.248 e. The zero-order valence-electron chi connectivity index (χ0n) is 22.8. The second-order valence-electron chi connectivity index (χ2n) is 11.4. The van der Waals surface area contributed by atoms with E-state index in [1.54, 1.807) is 4.90 Å². The van der Waals surface area contributed by atoms with E-state index in [0.29, 0.717) is 25.5 Å². The summed E-state index contributed by atoms with van der Waals surface area (Å²) in [4.78, 5) is 31.1. The van der Waals surface area contributed by atoms with Crippen LogP contribution >= 0.6 is 12.4 Å². The molecule has 3 fully saturated rings. The van der Waals surface area contributed by atoms with Crippen LogP contribution in [0.4, 0.5) is 0 Å². The molecule has 0 unspecified atom stereocenters. The van der Waals surface area contributed by atoms with Crippen LogP contribution in [0, 0.1) is 5.92 Å². The third-order valence-electron chi connectivity index (χ3n) is 8.39. The van der Waals surface area contributed by atoms with Gasteiger partial charge in [0, 0.05) is 26.2 Å². The van der Waals surface area contributed by atoms with E-state index < -0.39 is 17.7 Å². The Morgan fingerprint density at radius 2 is 1.73 bits per heavy atom. The average molecular weight is 536 g/mol. The van der Waals surface area contributed by atoms with E-state index in [1.165, 1.54) is 24.8 Å². The van der Waals surface area contributed by atoms with Crippen LogP contribution in [-0.4, -0.2) is 70.1 Å². The number of hydrogen-bond acceptors (Lipinski definition) is 5. The first kappa shape index (κ1) is 29.7. The molecule has 2 saturated heterocycles. The summed E-state index contributed by atoms with van der Waals surface area (Å²) in [6, 6.07) is 7.59. The van der Waals surface area contributed by atoms with Crippen molar-refractivity contribution in [1.82, 2.24) is 15.1 Å². The van der Waals surface area contributed by atoms with Gasteiger partial charge in [0.25, 0.3) is 0 Å². The maximum atomic E-state index is 13.5. The number of carbonyl (C=O) groups excluding carboxylic acids is 2. The number of amides is 2. The van der Waals surface area contributed by atoms with E-state index in [0.717, 1.165) is 51.1 Å². The Morgan fingerprint density at radius 3 is 2.32 bits per heavy atom. The number of halogens is 1. The number of piperidine rings is 1. The van der Waals surface area contributed by atoms with Gasteiger partial charge >= 0.3 is 0 Å². The highest BCUT2D eigenvalue weighted by Gasteiger charge is 2.54. The molecule has 0 bridgehead atoms. The minimum Gasteiger partial charge on any atom is -0.490 e. The lowest BCUT2D eigenvalue weighted by Gasteiger charge is -2.52. The van der Waals surface area contributed by atoms with Crippen LogP contribution in [-0.2, 0) is 16.1 Å². The van der Waals surface area contributed by atoms with Crippen molar-refractivity contribution in [1.29, 1.82) is 0 Å². The van der Waals surface area contributed by atoms with E-state index >= 15 is 0 Å². The Labute approximate surface area is 228 Å². The molecule has 1 saturated carbocycles. The number of aliphatic hydroxyl groups excluding tert-OH is 1. The summed E-state index contributed by atoms with van der Waals surface area (Å²) < 4.78 is 6.17. The lowest BCUT2D eigenvalue weighted by atomic mass is 9.80. The van der Waals surface area contributed by atoms with E-state index in [1.807, 2.05) is 13.8 Å². The zero-order valence-corrected chi connectivity index (χ0v) is 23.6. The van der Waals surface area contributed by atoms with Crippen molar-refractivity contribution in [3.05, 3.63) is 29.8 Å².